The fourth-order valence-electron chi connectivity index (χ4n) is 0.696. The minimum Gasteiger partial charge on any atom is -0.508 e. The molecule has 1 rings (SSSR count). The molecule has 2 heteroatoms. The summed E-state index contributed by atoms with van der Waals surface area (Å²) in [4.78, 5) is 0. The van der Waals surface area contributed by atoms with Crippen LogP contribution in [0.25, 0.3) is 0 Å². The molecular weight excluding hydrogens is 128 g/mol. The number of hydrogen-bond acceptors (Lipinski definition) is 2. The van der Waals surface area contributed by atoms with E-state index >= 15 is 0 Å². The highest BCUT2D eigenvalue weighted by atomic mass is 16.3. The summed E-state index contributed by atoms with van der Waals surface area (Å²) in [5.41, 5.74) is 0.665. The lowest BCUT2D eigenvalue weighted by molar-refractivity contribution is 0.199. The first kappa shape index (κ1) is 5.74. The number of phenolic OH excluding ortho intramolecular Hbond substituents is 1. The molecule has 0 fully saturated rings. The highest BCUT2D eigenvalue weighted by Gasteiger charge is 1.97. The van der Waals surface area contributed by atoms with E-state index in [1.54, 1.807) is 12.1 Å². The molecule has 0 saturated carbocycles. The van der Waals surface area contributed by atoms with Crippen LogP contribution >= 0.6 is 0 Å². The van der Waals surface area contributed by atoms with Gasteiger partial charge < -0.3 is 10.2 Å². The Morgan fingerprint density at radius 2 is 2.00 bits per heavy atom. The van der Waals surface area contributed by atoms with Gasteiger partial charge in [0.15, 0.2) is 0 Å². The molecule has 0 aliphatic rings. The maximum absolute atomic E-state index is 9.15. The third-order valence-corrected chi connectivity index (χ3v) is 1.28. The molecule has 1 aromatic rings. The van der Waals surface area contributed by atoms with E-state index < -0.39 is 6.10 Å². The Morgan fingerprint density at radius 3 is 2.50 bits per heavy atom. The quantitative estimate of drug-likeness (QED) is 0.618. The van der Waals surface area contributed by atoms with Crippen LogP contribution in [0.4, 0.5) is 0 Å². The van der Waals surface area contributed by atoms with E-state index in [0.717, 1.165) is 0 Å². The van der Waals surface area contributed by atoms with Crippen molar-refractivity contribution in [1.29, 1.82) is 0 Å². The molecule has 10 heavy (non-hydrogen) atoms. The second kappa shape index (κ2) is 2.71. The van der Waals surface area contributed by atoms with E-state index in [-0.39, 0.29) is 12.6 Å². The zero-order valence-corrected chi connectivity index (χ0v) is 5.49. The number of aliphatic hydroxyl groups is 1. The van der Waals surface area contributed by atoms with Crippen molar-refractivity contribution in [2.75, 3.05) is 0 Å². The van der Waals surface area contributed by atoms with Crippen molar-refractivity contribution in [2.24, 2.45) is 0 Å². The van der Waals surface area contributed by atoms with Gasteiger partial charge in [-0.1, -0.05) is 12.1 Å². The Balaban J connectivity index is 2.81. The van der Waals surface area contributed by atoms with Crippen LogP contribution in [0.5, 0.6) is 5.75 Å². The Hall–Kier alpha value is -1.02. The van der Waals surface area contributed by atoms with Crippen molar-refractivity contribution < 1.29 is 11.6 Å². The van der Waals surface area contributed by atoms with Gasteiger partial charge in [-0.2, -0.15) is 0 Å². The molecule has 0 spiro atoms. The molecule has 0 heterocycles. The fourth-order valence-corrected chi connectivity index (χ4v) is 0.696. The SMILES string of the molecule is [2H]C[C@H](O)c1ccc(O)cc1. The first-order chi connectivity index (χ1) is 5.24. The molecule has 54 valence electrons. The third kappa shape index (κ3) is 1.48. The lowest BCUT2D eigenvalue weighted by Crippen LogP contribution is -1.88. The minimum atomic E-state index is -0.740. The predicted octanol–water partition coefficient (Wildman–Crippen LogP) is 1.45. The predicted molar refractivity (Wildman–Crippen MR) is 38.7 cm³/mol. The van der Waals surface area contributed by atoms with Crippen molar-refractivity contribution in [3.8, 4) is 5.75 Å². The van der Waals surface area contributed by atoms with Crippen LogP contribution in [-0.4, -0.2) is 10.2 Å². The summed E-state index contributed by atoms with van der Waals surface area (Å²) >= 11 is 0. The van der Waals surface area contributed by atoms with Crippen LogP contribution in [0.1, 0.15) is 19.9 Å². The summed E-state index contributed by atoms with van der Waals surface area (Å²) in [6, 6.07) is 6.20. The zero-order chi connectivity index (χ0) is 8.27. The Morgan fingerprint density at radius 1 is 1.40 bits per heavy atom. The van der Waals surface area contributed by atoms with E-state index in [2.05, 4.69) is 0 Å². The van der Waals surface area contributed by atoms with E-state index in [4.69, 9.17) is 11.6 Å². The second-order valence-corrected chi connectivity index (χ2v) is 2.11. The van der Waals surface area contributed by atoms with Crippen LogP contribution in [-0.2, 0) is 0 Å². The molecule has 0 aliphatic heterocycles. The van der Waals surface area contributed by atoms with E-state index in [1.807, 2.05) is 0 Å². The number of aromatic hydroxyl groups is 1. The lowest BCUT2D eigenvalue weighted by atomic mass is 10.1. The van der Waals surface area contributed by atoms with E-state index in [1.165, 1.54) is 12.1 Å². The van der Waals surface area contributed by atoms with Gasteiger partial charge in [0.25, 0.3) is 0 Å². The van der Waals surface area contributed by atoms with Gasteiger partial charge in [-0.25, -0.2) is 0 Å². The van der Waals surface area contributed by atoms with Crippen molar-refractivity contribution >= 4 is 0 Å². The van der Waals surface area contributed by atoms with Crippen molar-refractivity contribution in [2.45, 2.75) is 13.0 Å². The number of rotatable bonds is 1. The van der Waals surface area contributed by atoms with Gasteiger partial charge >= 0.3 is 0 Å². The van der Waals surface area contributed by atoms with Gasteiger partial charge in [-0.05, 0) is 24.6 Å². The lowest BCUT2D eigenvalue weighted by Gasteiger charge is -2.02. The van der Waals surface area contributed by atoms with Gasteiger partial charge in [0, 0.05) is 1.37 Å². The highest BCUT2D eigenvalue weighted by molar-refractivity contribution is 5.26. The standard InChI is InChI=1S/C8H10O2/c1-6(9)7-2-4-8(10)5-3-7/h2-6,9-10H,1H3/t6-/m0/s1/i1D. The number of benzene rings is 1. The van der Waals surface area contributed by atoms with Crippen molar-refractivity contribution in [3.05, 3.63) is 29.8 Å². The summed E-state index contributed by atoms with van der Waals surface area (Å²) in [5.74, 6) is 0.172. The van der Waals surface area contributed by atoms with Gasteiger partial charge in [0.05, 0.1) is 6.10 Å². The first-order valence-electron chi connectivity index (χ1n) is 3.71. The Labute approximate surface area is 61.2 Å². The molecule has 0 saturated heterocycles. The number of aliphatic hydroxyl groups excluding tert-OH is 1. The maximum Gasteiger partial charge on any atom is 0.115 e. The van der Waals surface area contributed by atoms with Crippen LogP contribution in [0, 0.1) is 0 Å². The Kier molecular flexibility index (Phi) is 1.56. The van der Waals surface area contributed by atoms with Gasteiger partial charge in [-0.3, -0.25) is 0 Å². The maximum atomic E-state index is 9.15. The van der Waals surface area contributed by atoms with Crippen LogP contribution in [0.3, 0.4) is 0 Å². The molecule has 0 amide bonds. The summed E-state index contributed by atoms with van der Waals surface area (Å²) in [6.45, 7) is -0.0508. The summed E-state index contributed by atoms with van der Waals surface area (Å²) in [6.07, 6.45) is -0.740. The first-order valence-corrected chi connectivity index (χ1v) is 3.00. The topological polar surface area (TPSA) is 40.5 Å². The van der Waals surface area contributed by atoms with E-state index in [9.17, 15) is 0 Å². The molecule has 0 unspecified atom stereocenters. The summed E-state index contributed by atoms with van der Waals surface area (Å²) in [7, 11) is 0. The third-order valence-electron chi connectivity index (χ3n) is 1.28. The van der Waals surface area contributed by atoms with Crippen molar-refractivity contribution in [1.82, 2.24) is 0 Å². The van der Waals surface area contributed by atoms with Gasteiger partial charge in [-0.15, -0.1) is 0 Å². The average molecular weight is 139 g/mol. The van der Waals surface area contributed by atoms with Gasteiger partial charge in [0.2, 0.25) is 0 Å². The molecule has 0 bridgehead atoms. The minimum absolute atomic E-state index is 0.0508. The summed E-state index contributed by atoms with van der Waals surface area (Å²) in [5, 5.41) is 18.0. The molecule has 0 aromatic heterocycles. The average Bonchev–Trinajstić information content (AvgIpc) is 2.05. The molecular formula is C8H10O2. The smallest absolute Gasteiger partial charge is 0.115 e. The molecule has 0 aliphatic carbocycles. The molecule has 2 nitrogen and oxygen atoms in total. The van der Waals surface area contributed by atoms with Crippen LogP contribution in [0.2, 0.25) is 0 Å². The molecule has 0 radical (unpaired) electrons. The van der Waals surface area contributed by atoms with Crippen LogP contribution in [0.15, 0.2) is 24.3 Å². The fraction of sp³-hybridized carbons (Fsp3) is 0.250. The molecule has 1 atom stereocenters. The monoisotopic (exact) mass is 139 g/mol. The van der Waals surface area contributed by atoms with Crippen LogP contribution < -0.4 is 0 Å². The Bertz CT molecular complexity index is 220. The zero-order valence-electron chi connectivity index (χ0n) is 6.49. The normalized spacial score (nSPS) is 14.3. The second-order valence-electron chi connectivity index (χ2n) is 2.11. The molecule has 2 N–H and O–H groups in total. The number of phenols is 1. The number of hydrogen-bond donors (Lipinski definition) is 2. The molecule has 1 aromatic carbocycles. The summed E-state index contributed by atoms with van der Waals surface area (Å²) < 4.78 is 6.89. The van der Waals surface area contributed by atoms with Gasteiger partial charge in [0.1, 0.15) is 5.75 Å². The highest BCUT2D eigenvalue weighted by Crippen LogP contribution is 2.15. The van der Waals surface area contributed by atoms with E-state index in [0.29, 0.717) is 5.56 Å². The largest absolute Gasteiger partial charge is 0.508 e. The van der Waals surface area contributed by atoms with Crippen molar-refractivity contribution in [3.63, 3.8) is 0 Å².